The first-order chi connectivity index (χ1) is 9.63. The Kier molecular flexibility index (Phi) is 5.05. The molecule has 110 valence electrons. The lowest BCUT2D eigenvalue weighted by Crippen LogP contribution is -2.27. The third-order valence-electron chi connectivity index (χ3n) is 4.37. The second-order valence-corrected chi connectivity index (χ2v) is 5.80. The summed E-state index contributed by atoms with van der Waals surface area (Å²) >= 11 is 0. The number of anilines is 1. The minimum absolute atomic E-state index is 0.275. The molecule has 1 aromatic rings. The molecule has 3 heteroatoms. The van der Waals surface area contributed by atoms with Gasteiger partial charge in [-0.3, -0.25) is 0 Å². The molecule has 2 rings (SSSR count). The zero-order valence-electron chi connectivity index (χ0n) is 12.7. The molecule has 20 heavy (non-hydrogen) atoms. The molecule has 1 saturated carbocycles. The molecule has 0 aromatic heterocycles. The van der Waals surface area contributed by atoms with Crippen molar-refractivity contribution in [1.82, 2.24) is 0 Å². The number of esters is 1. The molecule has 0 bridgehead atoms. The van der Waals surface area contributed by atoms with Crippen molar-refractivity contribution in [1.29, 1.82) is 0 Å². The van der Waals surface area contributed by atoms with Crippen molar-refractivity contribution in [3.05, 3.63) is 29.3 Å². The molecule has 0 amide bonds. The van der Waals surface area contributed by atoms with E-state index in [2.05, 4.69) is 12.2 Å². The van der Waals surface area contributed by atoms with Crippen molar-refractivity contribution >= 4 is 11.7 Å². The van der Waals surface area contributed by atoms with Crippen LogP contribution < -0.4 is 5.32 Å². The average Bonchev–Trinajstić information content (AvgIpc) is 2.48. The van der Waals surface area contributed by atoms with Gasteiger partial charge in [0.15, 0.2) is 0 Å². The molecular weight excluding hydrogens is 250 g/mol. The Hall–Kier alpha value is -1.51. The van der Waals surface area contributed by atoms with E-state index in [0.717, 1.165) is 17.2 Å². The standard InChI is InChI=1S/C17H25NO2/c1-4-13-6-5-7-15(11-13)18-16-9-8-14(10-12(16)2)17(19)20-3/h8-10,13,15,18H,4-7,11H2,1-3H3. The smallest absolute Gasteiger partial charge is 0.337 e. The van der Waals surface area contributed by atoms with Crippen LogP contribution in [0.15, 0.2) is 18.2 Å². The lowest BCUT2D eigenvalue weighted by Gasteiger charge is -2.30. The summed E-state index contributed by atoms with van der Waals surface area (Å²) < 4.78 is 4.75. The lowest BCUT2D eigenvalue weighted by molar-refractivity contribution is 0.0600. The van der Waals surface area contributed by atoms with Gasteiger partial charge in [0.2, 0.25) is 0 Å². The Bertz CT molecular complexity index is 470. The van der Waals surface area contributed by atoms with Gasteiger partial charge in [0.05, 0.1) is 12.7 Å². The van der Waals surface area contributed by atoms with Crippen LogP contribution in [0.25, 0.3) is 0 Å². The monoisotopic (exact) mass is 275 g/mol. The Labute approximate surface area is 121 Å². The van der Waals surface area contributed by atoms with Crippen LogP contribution in [0.3, 0.4) is 0 Å². The molecule has 1 aromatic carbocycles. The van der Waals surface area contributed by atoms with Gasteiger partial charge < -0.3 is 10.1 Å². The van der Waals surface area contributed by atoms with Gasteiger partial charge in [0.1, 0.15) is 0 Å². The van der Waals surface area contributed by atoms with Crippen molar-refractivity contribution in [2.24, 2.45) is 5.92 Å². The second kappa shape index (κ2) is 6.78. The fourth-order valence-corrected chi connectivity index (χ4v) is 3.08. The van der Waals surface area contributed by atoms with Gasteiger partial charge in [-0.2, -0.15) is 0 Å². The van der Waals surface area contributed by atoms with Gasteiger partial charge in [-0.15, -0.1) is 0 Å². The van der Waals surface area contributed by atoms with E-state index in [4.69, 9.17) is 4.74 Å². The second-order valence-electron chi connectivity index (χ2n) is 5.80. The number of benzene rings is 1. The highest BCUT2D eigenvalue weighted by Crippen LogP contribution is 2.29. The highest BCUT2D eigenvalue weighted by molar-refractivity contribution is 5.90. The number of carbonyl (C=O) groups excluding carboxylic acids is 1. The summed E-state index contributed by atoms with van der Waals surface area (Å²) in [6, 6.07) is 6.29. The van der Waals surface area contributed by atoms with Crippen LogP contribution in [0.5, 0.6) is 0 Å². The van der Waals surface area contributed by atoms with Gasteiger partial charge in [-0.1, -0.05) is 26.2 Å². The van der Waals surface area contributed by atoms with Crippen molar-refractivity contribution < 1.29 is 9.53 Å². The summed E-state index contributed by atoms with van der Waals surface area (Å²) in [5, 5.41) is 3.65. The van der Waals surface area contributed by atoms with E-state index in [9.17, 15) is 4.79 Å². The topological polar surface area (TPSA) is 38.3 Å². The fraction of sp³-hybridized carbons (Fsp3) is 0.588. The summed E-state index contributed by atoms with van der Waals surface area (Å²) in [4.78, 5) is 11.5. The predicted molar refractivity (Wildman–Crippen MR) is 82.2 cm³/mol. The van der Waals surface area contributed by atoms with Crippen LogP contribution in [0, 0.1) is 12.8 Å². The minimum Gasteiger partial charge on any atom is -0.465 e. The molecule has 1 N–H and O–H groups in total. The van der Waals surface area contributed by atoms with Gasteiger partial charge in [-0.25, -0.2) is 4.79 Å². The molecule has 0 spiro atoms. The van der Waals surface area contributed by atoms with Crippen LogP contribution in [-0.4, -0.2) is 19.1 Å². The zero-order valence-corrected chi connectivity index (χ0v) is 12.7. The normalized spacial score (nSPS) is 22.4. The maximum Gasteiger partial charge on any atom is 0.337 e. The number of rotatable bonds is 4. The van der Waals surface area contributed by atoms with E-state index in [0.29, 0.717) is 11.6 Å². The number of carbonyl (C=O) groups is 1. The van der Waals surface area contributed by atoms with E-state index >= 15 is 0 Å². The largest absolute Gasteiger partial charge is 0.465 e. The highest BCUT2D eigenvalue weighted by Gasteiger charge is 2.21. The first-order valence-electron chi connectivity index (χ1n) is 7.59. The summed E-state index contributed by atoms with van der Waals surface area (Å²) in [5.74, 6) is 0.583. The maximum atomic E-state index is 11.5. The number of methoxy groups -OCH3 is 1. The van der Waals surface area contributed by atoms with Gasteiger partial charge >= 0.3 is 5.97 Å². The molecule has 2 atom stereocenters. The number of aryl methyl sites for hydroxylation is 1. The highest BCUT2D eigenvalue weighted by atomic mass is 16.5. The van der Waals surface area contributed by atoms with Gasteiger partial charge in [0.25, 0.3) is 0 Å². The first kappa shape index (κ1) is 14.9. The summed E-state index contributed by atoms with van der Waals surface area (Å²) in [7, 11) is 1.41. The van der Waals surface area contributed by atoms with E-state index in [-0.39, 0.29) is 5.97 Å². The van der Waals surface area contributed by atoms with E-state index in [1.807, 2.05) is 25.1 Å². The first-order valence-corrected chi connectivity index (χ1v) is 7.59. The van der Waals surface area contributed by atoms with Crippen LogP contribution in [-0.2, 0) is 4.74 Å². The van der Waals surface area contributed by atoms with Crippen molar-refractivity contribution in [3.63, 3.8) is 0 Å². The molecule has 0 aliphatic heterocycles. The SMILES string of the molecule is CCC1CCCC(Nc2ccc(C(=O)OC)cc2C)C1. The molecule has 1 aliphatic carbocycles. The predicted octanol–water partition coefficient (Wildman–Crippen LogP) is 4.16. The van der Waals surface area contributed by atoms with Gasteiger partial charge in [0, 0.05) is 11.7 Å². The molecule has 0 heterocycles. The zero-order chi connectivity index (χ0) is 14.5. The Morgan fingerprint density at radius 2 is 2.20 bits per heavy atom. The third-order valence-corrected chi connectivity index (χ3v) is 4.37. The number of hydrogen-bond acceptors (Lipinski definition) is 3. The molecule has 3 nitrogen and oxygen atoms in total. The van der Waals surface area contributed by atoms with E-state index in [1.165, 1.54) is 39.2 Å². The Balaban J connectivity index is 2.04. The van der Waals surface area contributed by atoms with Crippen molar-refractivity contribution in [2.45, 2.75) is 52.0 Å². The molecule has 1 aliphatic rings. The minimum atomic E-state index is -0.275. The maximum absolute atomic E-state index is 11.5. The van der Waals surface area contributed by atoms with Gasteiger partial charge in [-0.05, 0) is 49.4 Å². The fourth-order valence-electron chi connectivity index (χ4n) is 3.08. The average molecular weight is 275 g/mol. The molecule has 0 saturated heterocycles. The number of nitrogens with one attached hydrogen (secondary N) is 1. The lowest BCUT2D eigenvalue weighted by atomic mass is 9.84. The number of ether oxygens (including phenoxy) is 1. The van der Waals surface area contributed by atoms with Crippen molar-refractivity contribution in [3.8, 4) is 0 Å². The third kappa shape index (κ3) is 3.53. The molecule has 0 radical (unpaired) electrons. The Morgan fingerprint density at radius 1 is 1.40 bits per heavy atom. The van der Waals surface area contributed by atoms with Crippen LogP contribution in [0.2, 0.25) is 0 Å². The van der Waals surface area contributed by atoms with Crippen LogP contribution in [0.1, 0.15) is 54.9 Å². The van der Waals surface area contributed by atoms with E-state index in [1.54, 1.807) is 0 Å². The Morgan fingerprint density at radius 3 is 2.85 bits per heavy atom. The van der Waals surface area contributed by atoms with Crippen LogP contribution >= 0.6 is 0 Å². The molecular formula is C17H25NO2. The molecule has 1 fully saturated rings. The molecule has 2 unspecified atom stereocenters. The van der Waals surface area contributed by atoms with Crippen molar-refractivity contribution in [2.75, 3.05) is 12.4 Å². The summed E-state index contributed by atoms with van der Waals surface area (Å²) in [5.41, 5.74) is 2.86. The number of hydrogen-bond donors (Lipinski definition) is 1. The summed E-state index contributed by atoms with van der Waals surface area (Å²) in [6.07, 6.45) is 6.46. The quantitative estimate of drug-likeness (QED) is 0.838. The van der Waals surface area contributed by atoms with Crippen LogP contribution in [0.4, 0.5) is 5.69 Å². The van der Waals surface area contributed by atoms with E-state index < -0.39 is 0 Å². The summed E-state index contributed by atoms with van der Waals surface area (Å²) in [6.45, 7) is 4.32.